The number of nitrogens with one attached hydrogen (secondary N) is 1. The molecule has 1 N–H and O–H groups in total. The van der Waals surface area contributed by atoms with Crippen molar-refractivity contribution in [2.24, 2.45) is 0 Å². The largest absolute Gasteiger partial charge is 0.497 e. The Hall–Kier alpha value is -4.78. The molecule has 3 heterocycles. The molecule has 0 radical (unpaired) electrons. The summed E-state index contributed by atoms with van der Waals surface area (Å²) in [6, 6.07) is 31.4. The minimum absolute atomic E-state index is 0.192. The van der Waals surface area contributed by atoms with Crippen LogP contribution in [0.3, 0.4) is 0 Å². The monoisotopic (exact) mass is 503 g/mol. The highest BCUT2D eigenvalue weighted by atomic mass is 16.5. The lowest BCUT2D eigenvalue weighted by molar-refractivity contribution is 0.194. The molecule has 7 nitrogen and oxygen atoms in total. The second-order valence-electron chi connectivity index (χ2n) is 9.26. The van der Waals surface area contributed by atoms with Crippen molar-refractivity contribution in [2.45, 2.75) is 25.9 Å². The van der Waals surface area contributed by atoms with Crippen molar-refractivity contribution < 1.29 is 9.53 Å². The van der Waals surface area contributed by atoms with Gasteiger partial charge in [-0.2, -0.15) is 5.10 Å². The van der Waals surface area contributed by atoms with Crippen LogP contribution < -0.4 is 10.1 Å². The topological polar surface area (TPSA) is 64.3 Å². The Bertz CT molecular complexity index is 1570. The minimum Gasteiger partial charge on any atom is -0.497 e. The van der Waals surface area contributed by atoms with Crippen molar-refractivity contribution in [3.63, 3.8) is 0 Å². The Balaban J connectivity index is 1.53. The molecule has 6 rings (SSSR count). The lowest BCUT2D eigenvalue weighted by Gasteiger charge is -2.31. The maximum atomic E-state index is 14.1. The predicted molar refractivity (Wildman–Crippen MR) is 148 cm³/mol. The van der Waals surface area contributed by atoms with Gasteiger partial charge in [0.1, 0.15) is 11.6 Å². The Labute approximate surface area is 221 Å². The summed E-state index contributed by atoms with van der Waals surface area (Å²) in [4.78, 5) is 16.0. The van der Waals surface area contributed by atoms with Crippen LogP contribution >= 0.6 is 0 Å². The minimum atomic E-state index is -0.307. The summed E-state index contributed by atoms with van der Waals surface area (Å²) in [6.45, 7) is 2.51. The first-order valence-electron chi connectivity index (χ1n) is 12.8. The zero-order valence-electron chi connectivity index (χ0n) is 21.4. The average Bonchev–Trinajstić information content (AvgIpc) is 3.55. The summed E-state index contributed by atoms with van der Waals surface area (Å²) in [7, 11) is 1.62. The number of methoxy groups -OCH3 is 1. The maximum absolute atomic E-state index is 14.1. The molecule has 7 heteroatoms. The first-order valence-corrected chi connectivity index (χ1v) is 12.8. The molecule has 2 amide bonds. The zero-order chi connectivity index (χ0) is 26.1. The molecule has 3 aromatic carbocycles. The summed E-state index contributed by atoms with van der Waals surface area (Å²) < 4.78 is 9.56. The van der Waals surface area contributed by atoms with Gasteiger partial charge in [0.2, 0.25) is 0 Å². The summed E-state index contributed by atoms with van der Waals surface area (Å²) in [5.74, 6) is 1.65. The SMILES string of the molecule is CCc1nn(-c2ccccc2)c2c1CN(C(=O)Nc1cccc(OC)c1)C(c1ccccc1)c1cccn1-2. The van der Waals surface area contributed by atoms with E-state index >= 15 is 0 Å². The quantitative estimate of drug-likeness (QED) is 0.303. The number of anilines is 1. The third-order valence-electron chi connectivity index (χ3n) is 7.00. The number of amides is 2. The number of benzene rings is 3. The van der Waals surface area contributed by atoms with Gasteiger partial charge in [0, 0.05) is 23.5 Å². The number of ether oxygens (including phenoxy) is 1. The number of fused-ring (bicyclic) bond motifs is 3. The fraction of sp³-hybridized carbons (Fsp3) is 0.161. The van der Waals surface area contributed by atoms with Crippen molar-refractivity contribution in [3.05, 3.63) is 126 Å². The van der Waals surface area contributed by atoms with Crippen molar-refractivity contribution in [2.75, 3.05) is 12.4 Å². The molecule has 1 atom stereocenters. The van der Waals surface area contributed by atoms with Crippen LogP contribution in [0.15, 0.2) is 103 Å². The first kappa shape index (κ1) is 23.6. The molecule has 2 aromatic heterocycles. The van der Waals surface area contributed by atoms with Gasteiger partial charge in [-0.1, -0.05) is 61.5 Å². The second-order valence-corrected chi connectivity index (χ2v) is 9.26. The molecule has 38 heavy (non-hydrogen) atoms. The van der Waals surface area contributed by atoms with E-state index in [1.807, 2.05) is 76.3 Å². The smallest absolute Gasteiger partial charge is 0.322 e. The summed E-state index contributed by atoms with van der Waals surface area (Å²) >= 11 is 0. The number of aryl methyl sites for hydroxylation is 1. The number of hydrogen-bond donors (Lipinski definition) is 1. The third kappa shape index (κ3) is 4.12. The highest BCUT2D eigenvalue weighted by molar-refractivity contribution is 5.90. The molecule has 5 aromatic rings. The fourth-order valence-electron chi connectivity index (χ4n) is 5.23. The summed E-state index contributed by atoms with van der Waals surface area (Å²) in [6.07, 6.45) is 2.81. The second kappa shape index (κ2) is 9.94. The number of rotatable bonds is 5. The van der Waals surface area contributed by atoms with E-state index in [2.05, 4.69) is 53.3 Å². The summed E-state index contributed by atoms with van der Waals surface area (Å²) in [5, 5.41) is 8.13. The fourth-order valence-corrected chi connectivity index (χ4v) is 5.23. The zero-order valence-corrected chi connectivity index (χ0v) is 21.4. The van der Waals surface area contributed by atoms with E-state index in [1.54, 1.807) is 7.11 Å². The first-order chi connectivity index (χ1) is 18.7. The maximum Gasteiger partial charge on any atom is 0.322 e. The third-order valence-corrected chi connectivity index (χ3v) is 7.00. The molecule has 1 unspecified atom stereocenters. The van der Waals surface area contributed by atoms with Gasteiger partial charge < -0.3 is 19.5 Å². The number of aromatic nitrogens is 3. The average molecular weight is 504 g/mol. The van der Waals surface area contributed by atoms with E-state index in [4.69, 9.17) is 9.84 Å². The lowest BCUT2D eigenvalue weighted by Crippen LogP contribution is -2.38. The molecule has 190 valence electrons. The van der Waals surface area contributed by atoms with E-state index in [1.165, 1.54) is 0 Å². The molecule has 0 aliphatic carbocycles. The highest BCUT2D eigenvalue weighted by Crippen LogP contribution is 2.39. The Kier molecular flexibility index (Phi) is 6.17. The Morgan fingerprint density at radius 1 is 0.974 bits per heavy atom. The van der Waals surface area contributed by atoms with Crippen LogP contribution in [0.2, 0.25) is 0 Å². The van der Waals surface area contributed by atoms with Crippen molar-refractivity contribution >= 4 is 11.7 Å². The highest BCUT2D eigenvalue weighted by Gasteiger charge is 2.36. The van der Waals surface area contributed by atoms with Gasteiger partial charge in [0.25, 0.3) is 0 Å². The van der Waals surface area contributed by atoms with E-state index in [0.717, 1.165) is 40.4 Å². The molecular formula is C31H29N5O2. The number of urea groups is 1. The number of hydrogen-bond acceptors (Lipinski definition) is 3. The molecule has 0 saturated heterocycles. The molecule has 0 spiro atoms. The van der Waals surface area contributed by atoms with Crippen LogP contribution in [-0.4, -0.2) is 32.4 Å². The van der Waals surface area contributed by atoms with Gasteiger partial charge in [0.05, 0.1) is 36.8 Å². The van der Waals surface area contributed by atoms with Crippen molar-refractivity contribution in [1.82, 2.24) is 19.2 Å². The molecular weight excluding hydrogens is 474 g/mol. The van der Waals surface area contributed by atoms with E-state index in [-0.39, 0.29) is 12.1 Å². The van der Waals surface area contributed by atoms with Crippen LogP contribution in [-0.2, 0) is 13.0 Å². The summed E-state index contributed by atoms with van der Waals surface area (Å²) in [5.41, 5.74) is 5.70. The molecule has 0 fully saturated rings. The van der Waals surface area contributed by atoms with Crippen molar-refractivity contribution in [3.8, 4) is 17.3 Å². The van der Waals surface area contributed by atoms with Crippen molar-refractivity contribution in [1.29, 1.82) is 0 Å². The van der Waals surface area contributed by atoms with Crippen LogP contribution in [0.1, 0.15) is 35.5 Å². The molecule has 0 bridgehead atoms. The van der Waals surface area contributed by atoms with E-state index in [9.17, 15) is 4.79 Å². The molecule has 1 aliphatic rings. The molecule has 1 aliphatic heterocycles. The number of nitrogens with zero attached hydrogens (tertiary/aromatic N) is 4. The Morgan fingerprint density at radius 3 is 2.47 bits per heavy atom. The predicted octanol–water partition coefficient (Wildman–Crippen LogP) is 6.37. The van der Waals surface area contributed by atoms with E-state index < -0.39 is 0 Å². The molecule has 0 saturated carbocycles. The lowest BCUT2D eigenvalue weighted by atomic mass is 10.0. The number of para-hydroxylation sites is 1. The normalized spacial score (nSPS) is 14.4. The van der Waals surface area contributed by atoms with Crippen LogP contribution in [0.5, 0.6) is 5.75 Å². The van der Waals surface area contributed by atoms with Crippen LogP contribution in [0, 0.1) is 0 Å². The van der Waals surface area contributed by atoms with Gasteiger partial charge >= 0.3 is 6.03 Å². The van der Waals surface area contributed by atoms with Crippen LogP contribution in [0.4, 0.5) is 10.5 Å². The number of carbonyl (C=O) groups excluding carboxylic acids is 1. The van der Waals surface area contributed by atoms with Crippen LogP contribution in [0.25, 0.3) is 11.5 Å². The van der Waals surface area contributed by atoms with Gasteiger partial charge in [-0.3, -0.25) is 0 Å². The van der Waals surface area contributed by atoms with Gasteiger partial charge in [-0.25, -0.2) is 9.48 Å². The number of carbonyl (C=O) groups is 1. The Morgan fingerprint density at radius 2 is 1.74 bits per heavy atom. The van der Waals surface area contributed by atoms with Gasteiger partial charge in [-0.15, -0.1) is 0 Å². The van der Waals surface area contributed by atoms with Gasteiger partial charge in [0.15, 0.2) is 0 Å². The van der Waals surface area contributed by atoms with E-state index in [0.29, 0.717) is 18.0 Å². The standard InChI is InChI=1S/C31H29N5O2/c1-3-27-26-21-35(31(37)32-23-14-10-17-25(20-23)38-2)29(22-12-6-4-7-13-22)28-18-11-19-34(28)30(26)36(33-27)24-15-8-5-9-16-24/h4-20,29H,3,21H2,1-2H3,(H,32,37). The van der Waals surface area contributed by atoms with Gasteiger partial charge in [-0.05, 0) is 48.4 Å².